The molecule has 2 atom stereocenters. The van der Waals surface area contributed by atoms with Crippen LogP contribution < -0.4 is 0 Å². The van der Waals surface area contributed by atoms with Gasteiger partial charge in [-0.05, 0) is 49.9 Å². The minimum absolute atomic E-state index is 0.254. The van der Waals surface area contributed by atoms with E-state index in [1.54, 1.807) is 0 Å². The van der Waals surface area contributed by atoms with Crippen molar-refractivity contribution in [1.29, 1.82) is 5.26 Å². The maximum absolute atomic E-state index is 12.1. The fraction of sp³-hybridized carbons (Fsp3) is 0.556. The zero-order valence-electron chi connectivity index (χ0n) is 12.4. The second kappa shape index (κ2) is 6.41. The molecule has 1 aliphatic carbocycles. The summed E-state index contributed by atoms with van der Waals surface area (Å²) in [6.45, 7) is 1.94. The summed E-state index contributed by atoms with van der Waals surface area (Å²) in [5.41, 5.74) is 1.91. The SMILES string of the molecule is N#Cc1cccc(CN2CCCCC2C2CCCC2=O)c1. The molecule has 0 N–H and O–H groups in total. The summed E-state index contributed by atoms with van der Waals surface area (Å²) in [6.07, 6.45) is 6.52. The van der Waals surface area contributed by atoms with Crippen molar-refractivity contribution in [1.82, 2.24) is 4.90 Å². The molecule has 0 spiro atoms. The molecule has 1 aromatic carbocycles. The highest BCUT2D eigenvalue weighted by atomic mass is 16.1. The van der Waals surface area contributed by atoms with E-state index in [4.69, 9.17) is 5.26 Å². The Hall–Kier alpha value is -1.66. The summed E-state index contributed by atoms with van der Waals surface area (Å²) < 4.78 is 0. The molecule has 0 bridgehead atoms. The van der Waals surface area contributed by atoms with Crippen LogP contribution in [0.5, 0.6) is 0 Å². The lowest BCUT2D eigenvalue weighted by atomic mass is 9.88. The van der Waals surface area contributed by atoms with Gasteiger partial charge >= 0.3 is 0 Å². The predicted molar refractivity (Wildman–Crippen MR) is 81.6 cm³/mol. The smallest absolute Gasteiger partial charge is 0.137 e. The molecule has 21 heavy (non-hydrogen) atoms. The first kappa shape index (κ1) is 14.3. The van der Waals surface area contributed by atoms with Gasteiger partial charge in [-0.25, -0.2) is 0 Å². The molecule has 0 aromatic heterocycles. The Kier molecular flexibility index (Phi) is 4.36. The average molecular weight is 282 g/mol. The monoisotopic (exact) mass is 282 g/mol. The molecule has 3 rings (SSSR count). The van der Waals surface area contributed by atoms with Crippen molar-refractivity contribution in [3.05, 3.63) is 35.4 Å². The molecule has 2 unspecified atom stereocenters. The maximum atomic E-state index is 12.1. The number of likely N-dealkylation sites (tertiary alicyclic amines) is 1. The van der Waals surface area contributed by atoms with Gasteiger partial charge < -0.3 is 0 Å². The minimum Gasteiger partial charge on any atom is -0.299 e. The van der Waals surface area contributed by atoms with Crippen LogP contribution in [0.1, 0.15) is 49.7 Å². The van der Waals surface area contributed by atoms with Gasteiger partial charge in [0.2, 0.25) is 0 Å². The fourth-order valence-electron chi connectivity index (χ4n) is 3.89. The van der Waals surface area contributed by atoms with E-state index in [0.29, 0.717) is 11.8 Å². The van der Waals surface area contributed by atoms with E-state index in [0.717, 1.165) is 44.3 Å². The lowest BCUT2D eigenvalue weighted by molar-refractivity contribution is -0.123. The molecule has 1 saturated carbocycles. The first-order chi connectivity index (χ1) is 10.3. The van der Waals surface area contributed by atoms with Crippen molar-refractivity contribution in [3.8, 4) is 6.07 Å². The van der Waals surface area contributed by atoms with Gasteiger partial charge in [0.15, 0.2) is 0 Å². The van der Waals surface area contributed by atoms with E-state index in [2.05, 4.69) is 17.0 Å². The van der Waals surface area contributed by atoms with E-state index in [9.17, 15) is 4.79 Å². The van der Waals surface area contributed by atoms with Crippen molar-refractivity contribution < 1.29 is 4.79 Å². The van der Waals surface area contributed by atoms with Crippen LogP contribution in [0.4, 0.5) is 0 Å². The van der Waals surface area contributed by atoms with Crippen LogP contribution >= 0.6 is 0 Å². The number of nitriles is 1. The Labute approximate surface area is 126 Å². The Balaban J connectivity index is 1.75. The third-order valence-corrected chi connectivity index (χ3v) is 4.92. The largest absolute Gasteiger partial charge is 0.299 e. The number of benzene rings is 1. The quantitative estimate of drug-likeness (QED) is 0.854. The molecule has 0 radical (unpaired) electrons. The molecule has 2 aliphatic rings. The van der Waals surface area contributed by atoms with Crippen LogP contribution in [0, 0.1) is 17.2 Å². The average Bonchev–Trinajstić information content (AvgIpc) is 2.94. The second-order valence-corrected chi connectivity index (χ2v) is 6.31. The zero-order chi connectivity index (χ0) is 14.7. The van der Waals surface area contributed by atoms with Crippen molar-refractivity contribution >= 4 is 5.78 Å². The molecule has 0 amide bonds. The Morgan fingerprint density at radius 1 is 1.24 bits per heavy atom. The predicted octanol–water partition coefficient (Wildman–Crippen LogP) is 3.28. The van der Waals surface area contributed by atoms with Crippen molar-refractivity contribution in [2.75, 3.05) is 6.54 Å². The summed E-state index contributed by atoms with van der Waals surface area (Å²) in [5.74, 6) is 0.724. The van der Waals surface area contributed by atoms with Gasteiger partial charge in [-0.1, -0.05) is 18.6 Å². The minimum atomic E-state index is 0.254. The van der Waals surface area contributed by atoms with E-state index < -0.39 is 0 Å². The molecule has 1 heterocycles. The maximum Gasteiger partial charge on any atom is 0.137 e. The van der Waals surface area contributed by atoms with Crippen LogP contribution in [0.3, 0.4) is 0 Å². The van der Waals surface area contributed by atoms with E-state index in [-0.39, 0.29) is 5.92 Å². The van der Waals surface area contributed by atoms with Crippen molar-refractivity contribution in [3.63, 3.8) is 0 Å². The van der Waals surface area contributed by atoms with Gasteiger partial charge in [-0.15, -0.1) is 0 Å². The van der Waals surface area contributed by atoms with Crippen LogP contribution in [0.15, 0.2) is 24.3 Å². The Morgan fingerprint density at radius 3 is 2.90 bits per heavy atom. The van der Waals surface area contributed by atoms with Crippen molar-refractivity contribution in [2.45, 2.75) is 51.1 Å². The van der Waals surface area contributed by atoms with Gasteiger partial charge in [-0.3, -0.25) is 9.69 Å². The molecule has 1 saturated heterocycles. The second-order valence-electron chi connectivity index (χ2n) is 6.31. The number of ketones is 1. The number of carbonyl (C=O) groups is 1. The topological polar surface area (TPSA) is 44.1 Å². The molecule has 3 heteroatoms. The number of rotatable bonds is 3. The molecular weight excluding hydrogens is 260 g/mol. The highest BCUT2D eigenvalue weighted by molar-refractivity contribution is 5.83. The summed E-state index contributed by atoms with van der Waals surface area (Å²) in [5, 5.41) is 9.02. The van der Waals surface area contributed by atoms with Gasteiger partial charge in [0, 0.05) is 24.9 Å². The Morgan fingerprint density at radius 2 is 2.14 bits per heavy atom. The van der Waals surface area contributed by atoms with Gasteiger partial charge in [0.05, 0.1) is 11.6 Å². The normalized spacial score (nSPS) is 26.7. The van der Waals surface area contributed by atoms with Gasteiger partial charge in [-0.2, -0.15) is 5.26 Å². The molecule has 1 aliphatic heterocycles. The third kappa shape index (κ3) is 3.16. The van der Waals surface area contributed by atoms with Crippen LogP contribution in [-0.4, -0.2) is 23.3 Å². The summed E-state index contributed by atoms with van der Waals surface area (Å²) >= 11 is 0. The van der Waals surface area contributed by atoms with Gasteiger partial charge in [0.25, 0.3) is 0 Å². The lowest BCUT2D eigenvalue weighted by Gasteiger charge is -2.38. The lowest BCUT2D eigenvalue weighted by Crippen LogP contribution is -2.44. The number of piperidine rings is 1. The fourth-order valence-corrected chi connectivity index (χ4v) is 3.89. The number of carbonyl (C=O) groups excluding carboxylic acids is 1. The summed E-state index contributed by atoms with van der Waals surface area (Å²) in [6, 6.07) is 10.5. The molecule has 1 aromatic rings. The third-order valence-electron chi connectivity index (χ3n) is 4.92. The first-order valence-electron chi connectivity index (χ1n) is 8.04. The number of hydrogen-bond donors (Lipinski definition) is 0. The van der Waals surface area contributed by atoms with Gasteiger partial charge in [0.1, 0.15) is 5.78 Å². The van der Waals surface area contributed by atoms with Crippen LogP contribution in [0.2, 0.25) is 0 Å². The molecule has 110 valence electrons. The van der Waals surface area contributed by atoms with Crippen molar-refractivity contribution in [2.24, 2.45) is 5.92 Å². The Bertz CT molecular complexity index is 561. The van der Waals surface area contributed by atoms with Crippen LogP contribution in [0.25, 0.3) is 0 Å². The summed E-state index contributed by atoms with van der Waals surface area (Å²) in [7, 11) is 0. The summed E-state index contributed by atoms with van der Waals surface area (Å²) in [4.78, 5) is 14.6. The zero-order valence-corrected chi connectivity index (χ0v) is 12.4. The number of nitrogens with zero attached hydrogens (tertiary/aromatic N) is 2. The highest BCUT2D eigenvalue weighted by Gasteiger charge is 2.36. The first-order valence-corrected chi connectivity index (χ1v) is 8.04. The standard InChI is InChI=1S/C18H22N2O/c19-12-14-5-3-6-15(11-14)13-20-10-2-1-8-17(20)16-7-4-9-18(16)21/h3,5-6,11,16-17H,1-2,4,7-10,13H2. The molecular formula is C18H22N2O. The molecule has 2 fully saturated rings. The van der Waals surface area contributed by atoms with E-state index >= 15 is 0 Å². The van der Waals surface area contributed by atoms with E-state index in [1.807, 2.05) is 18.2 Å². The van der Waals surface area contributed by atoms with Crippen LogP contribution in [-0.2, 0) is 11.3 Å². The van der Waals surface area contributed by atoms with E-state index in [1.165, 1.54) is 18.4 Å². The number of hydrogen-bond acceptors (Lipinski definition) is 3. The number of Topliss-reactive ketones (excluding diaryl/α,β-unsaturated/α-hetero) is 1. The molecule has 3 nitrogen and oxygen atoms in total. The highest BCUT2D eigenvalue weighted by Crippen LogP contribution is 2.33.